The summed E-state index contributed by atoms with van der Waals surface area (Å²) in [4.78, 5) is 10.6. The second kappa shape index (κ2) is 6.75. The number of nitrogens with zero attached hydrogens (tertiary/aromatic N) is 1. The van der Waals surface area contributed by atoms with Gasteiger partial charge in [-0.05, 0) is 18.8 Å². The van der Waals surface area contributed by atoms with Gasteiger partial charge in [-0.2, -0.15) is 17.5 Å². The lowest BCUT2D eigenvalue weighted by molar-refractivity contribution is -0.146. The van der Waals surface area contributed by atoms with Gasteiger partial charge in [0.1, 0.15) is 13.1 Å². The first kappa shape index (κ1) is 17.2. The van der Waals surface area contributed by atoms with Crippen molar-refractivity contribution in [3.05, 3.63) is 0 Å². The van der Waals surface area contributed by atoms with E-state index in [-0.39, 0.29) is 10.2 Å². The third-order valence-electron chi connectivity index (χ3n) is 3.23. The molecule has 0 aliphatic heterocycles. The second-order valence-corrected chi connectivity index (χ2v) is 7.07. The minimum absolute atomic E-state index is 0.0178. The van der Waals surface area contributed by atoms with Gasteiger partial charge in [0, 0.05) is 0 Å². The Labute approximate surface area is 115 Å². The van der Waals surface area contributed by atoms with Gasteiger partial charge in [-0.1, -0.05) is 19.3 Å². The molecule has 0 aromatic heterocycles. The molecule has 118 valence electrons. The fourth-order valence-electron chi connectivity index (χ4n) is 2.36. The lowest BCUT2D eigenvalue weighted by atomic mass is 9.91. The van der Waals surface area contributed by atoms with Gasteiger partial charge in [0.05, 0.1) is 5.75 Å². The Bertz CT molecular complexity index is 429. The number of alkyl halides is 3. The number of hydrogen-bond donors (Lipinski definition) is 1. The Morgan fingerprint density at radius 1 is 1.20 bits per heavy atom. The first-order valence-electron chi connectivity index (χ1n) is 6.36. The summed E-state index contributed by atoms with van der Waals surface area (Å²) >= 11 is 0. The Morgan fingerprint density at radius 2 is 1.75 bits per heavy atom. The average Bonchev–Trinajstić information content (AvgIpc) is 2.26. The predicted octanol–water partition coefficient (Wildman–Crippen LogP) is 1.85. The minimum atomic E-state index is -4.75. The van der Waals surface area contributed by atoms with Crippen LogP contribution in [0.4, 0.5) is 13.2 Å². The van der Waals surface area contributed by atoms with Crippen LogP contribution in [-0.2, 0) is 14.8 Å². The third kappa shape index (κ3) is 6.08. The van der Waals surface area contributed by atoms with Crippen molar-refractivity contribution in [2.24, 2.45) is 5.92 Å². The van der Waals surface area contributed by atoms with E-state index in [4.69, 9.17) is 5.11 Å². The van der Waals surface area contributed by atoms with Gasteiger partial charge in [-0.25, -0.2) is 8.42 Å². The molecule has 1 rings (SSSR count). The Hall–Kier alpha value is -0.830. The maximum atomic E-state index is 12.4. The molecular formula is C11H18F3NO4S. The maximum Gasteiger partial charge on any atom is 0.402 e. The zero-order valence-electron chi connectivity index (χ0n) is 10.9. The van der Waals surface area contributed by atoms with Crippen molar-refractivity contribution in [3.63, 3.8) is 0 Å². The van der Waals surface area contributed by atoms with E-state index in [1.807, 2.05) is 0 Å². The summed E-state index contributed by atoms with van der Waals surface area (Å²) in [5.74, 6) is -2.18. The zero-order chi connectivity index (χ0) is 15.4. The summed E-state index contributed by atoms with van der Waals surface area (Å²) in [5.41, 5.74) is 0. The number of sulfonamides is 1. The monoisotopic (exact) mass is 317 g/mol. The van der Waals surface area contributed by atoms with E-state index in [1.54, 1.807) is 0 Å². The molecule has 0 radical (unpaired) electrons. The standard InChI is InChI=1S/C11H18F3NO4S/c12-11(13,14)8-15(6-10(16)17)20(18,19)7-9-4-2-1-3-5-9/h9H,1-8H2,(H,16,17). The summed E-state index contributed by atoms with van der Waals surface area (Å²) < 4.78 is 61.1. The Morgan fingerprint density at radius 3 is 2.20 bits per heavy atom. The molecule has 9 heteroatoms. The zero-order valence-corrected chi connectivity index (χ0v) is 11.7. The summed E-state index contributed by atoms with van der Waals surface area (Å²) in [5, 5.41) is 8.58. The summed E-state index contributed by atoms with van der Waals surface area (Å²) in [6.45, 7) is -2.91. The first-order valence-corrected chi connectivity index (χ1v) is 7.97. The van der Waals surface area contributed by atoms with Gasteiger partial charge in [-0.3, -0.25) is 4.79 Å². The molecule has 0 aromatic rings. The predicted molar refractivity (Wildman–Crippen MR) is 65.6 cm³/mol. The Balaban J connectivity index is 2.77. The second-order valence-electron chi connectivity index (χ2n) is 5.06. The van der Waals surface area contributed by atoms with Crippen molar-refractivity contribution in [1.82, 2.24) is 4.31 Å². The van der Waals surface area contributed by atoms with E-state index in [1.165, 1.54) is 0 Å². The van der Waals surface area contributed by atoms with E-state index in [0.29, 0.717) is 12.8 Å². The number of aliphatic carboxylic acids is 1. The maximum absolute atomic E-state index is 12.4. The highest BCUT2D eigenvalue weighted by Crippen LogP contribution is 2.27. The molecule has 20 heavy (non-hydrogen) atoms. The van der Waals surface area contributed by atoms with Crippen molar-refractivity contribution in [1.29, 1.82) is 0 Å². The molecule has 1 aliphatic rings. The molecule has 0 heterocycles. The molecule has 0 atom stereocenters. The van der Waals surface area contributed by atoms with Crippen LogP contribution in [0.2, 0.25) is 0 Å². The number of rotatable bonds is 6. The normalized spacial score (nSPS) is 18.4. The lowest BCUT2D eigenvalue weighted by Gasteiger charge is -2.26. The molecule has 0 saturated heterocycles. The van der Waals surface area contributed by atoms with Crippen molar-refractivity contribution < 1.29 is 31.5 Å². The van der Waals surface area contributed by atoms with Crippen LogP contribution < -0.4 is 0 Å². The van der Waals surface area contributed by atoms with E-state index < -0.39 is 41.0 Å². The summed E-state index contributed by atoms with van der Waals surface area (Å²) in [6, 6.07) is 0. The molecule has 1 saturated carbocycles. The van der Waals surface area contributed by atoms with Crippen LogP contribution in [0.15, 0.2) is 0 Å². The van der Waals surface area contributed by atoms with Gasteiger partial charge in [0.25, 0.3) is 0 Å². The Kier molecular flexibility index (Phi) is 5.81. The van der Waals surface area contributed by atoms with Crippen molar-refractivity contribution >= 4 is 16.0 Å². The highest BCUT2D eigenvalue weighted by atomic mass is 32.2. The molecule has 1 aliphatic carbocycles. The highest BCUT2D eigenvalue weighted by Gasteiger charge is 2.38. The molecule has 0 aromatic carbocycles. The van der Waals surface area contributed by atoms with Crippen LogP contribution in [0.1, 0.15) is 32.1 Å². The first-order chi connectivity index (χ1) is 9.10. The van der Waals surface area contributed by atoms with Crippen LogP contribution >= 0.6 is 0 Å². The molecule has 0 spiro atoms. The molecule has 1 fully saturated rings. The van der Waals surface area contributed by atoms with Crippen LogP contribution in [-0.4, -0.2) is 48.8 Å². The quantitative estimate of drug-likeness (QED) is 0.811. The van der Waals surface area contributed by atoms with E-state index in [9.17, 15) is 26.4 Å². The number of carboxylic acids is 1. The fraction of sp³-hybridized carbons (Fsp3) is 0.909. The van der Waals surface area contributed by atoms with Crippen molar-refractivity contribution in [3.8, 4) is 0 Å². The number of carbonyl (C=O) groups is 1. The lowest BCUT2D eigenvalue weighted by Crippen LogP contribution is -2.44. The molecule has 0 unspecified atom stereocenters. The van der Waals surface area contributed by atoms with E-state index >= 15 is 0 Å². The van der Waals surface area contributed by atoms with Gasteiger partial charge in [-0.15, -0.1) is 0 Å². The highest BCUT2D eigenvalue weighted by molar-refractivity contribution is 7.89. The van der Waals surface area contributed by atoms with Crippen LogP contribution in [0, 0.1) is 5.92 Å². The minimum Gasteiger partial charge on any atom is -0.480 e. The van der Waals surface area contributed by atoms with Gasteiger partial charge < -0.3 is 5.11 Å². The van der Waals surface area contributed by atoms with E-state index in [0.717, 1.165) is 19.3 Å². The average molecular weight is 317 g/mol. The topological polar surface area (TPSA) is 74.7 Å². The molecule has 0 amide bonds. The number of halogens is 3. The largest absolute Gasteiger partial charge is 0.480 e. The molecule has 0 bridgehead atoms. The molecular weight excluding hydrogens is 299 g/mol. The van der Waals surface area contributed by atoms with Gasteiger partial charge in [0.15, 0.2) is 0 Å². The smallest absolute Gasteiger partial charge is 0.402 e. The van der Waals surface area contributed by atoms with Crippen molar-refractivity contribution in [2.45, 2.75) is 38.3 Å². The van der Waals surface area contributed by atoms with Gasteiger partial charge >= 0.3 is 12.1 Å². The fourth-order valence-corrected chi connectivity index (χ4v) is 4.15. The summed E-state index contributed by atoms with van der Waals surface area (Å²) in [6.07, 6.45) is -0.720. The van der Waals surface area contributed by atoms with Crippen LogP contribution in [0.25, 0.3) is 0 Å². The SMILES string of the molecule is O=C(O)CN(CC(F)(F)F)S(=O)(=O)CC1CCCCC1. The third-order valence-corrected chi connectivity index (χ3v) is 5.17. The molecule has 5 nitrogen and oxygen atoms in total. The van der Waals surface area contributed by atoms with Gasteiger partial charge in [0.2, 0.25) is 10.0 Å². The van der Waals surface area contributed by atoms with Crippen LogP contribution in [0.5, 0.6) is 0 Å². The summed E-state index contributed by atoms with van der Waals surface area (Å²) in [7, 11) is -4.22. The molecule has 1 N–H and O–H groups in total. The number of carboxylic acid groups (broad SMARTS) is 1. The van der Waals surface area contributed by atoms with Crippen molar-refractivity contribution in [2.75, 3.05) is 18.8 Å². The van der Waals surface area contributed by atoms with Crippen LogP contribution in [0.3, 0.4) is 0 Å². The van der Waals surface area contributed by atoms with E-state index in [2.05, 4.69) is 0 Å². The number of hydrogen-bond acceptors (Lipinski definition) is 3.